The second-order valence-electron chi connectivity index (χ2n) is 7.76. The number of rotatable bonds is 3. The zero-order valence-corrected chi connectivity index (χ0v) is 16.4. The van der Waals surface area contributed by atoms with E-state index in [1.165, 1.54) is 44.3 Å². The predicted octanol–water partition coefficient (Wildman–Crippen LogP) is 5.21. The maximum absolute atomic E-state index is 5.78. The number of aryl methyl sites for hydroxylation is 2. The molecule has 0 spiro atoms. The molecule has 0 bridgehead atoms. The molecule has 0 amide bonds. The highest BCUT2D eigenvalue weighted by molar-refractivity contribution is 5.85. The molecule has 1 aliphatic rings. The average molecular weight is 368 g/mol. The van der Waals surface area contributed by atoms with E-state index >= 15 is 0 Å². The van der Waals surface area contributed by atoms with Gasteiger partial charge in [-0.15, -0.1) is 0 Å². The Bertz CT molecular complexity index is 1160. The minimum atomic E-state index is 0.715. The molecule has 1 aliphatic heterocycles. The molecule has 3 heteroatoms. The van der Waals surface area contributed by atoms with Crippen LogP contribution in [0.3, 0.4) is 0 Å². The Balaban J connectivity index is 1.63. The van der Waals surface area contributed by atoms with E-state index in [2.05, 4.69) is 73.3 Å². The van der Waals surface area contributed by atoms with Crippen LogP contribution in [0.4, 0.5) is 0 Å². The second kappa shape index (κ2) is 6.92. The van der Waals surface area contributed by atoms with Crippen LogP contribution >= 0.6 is 0 Å². The van der Waals surface area contributed by atoms with Gasteiger partial charge in [-0.05, 0) is 59.2 Å². The summed E-state index contributed by atoms with van der Waals surface area (Å²) in [7, 11) is 2.05. The fourth-order valence-electron chi connectivity index (χ4n) is 4.31. The smallest absolute Gasteiger partial charge is 0.139 e. The molecule has 0 saturated carbocycles. The molecule has 28 heavy (non-hydrogen) atoms. The van der Waals surface area contributed by atoms with E-state index < -0.39 is 0 Å². The number of hydrogen-bond acceptors (Lipinski definition) is 2. The molecular formula is C25H24N2O. The standard InChI is InChI=1S/C25H24N2O/c1-17-15-27(2)25-23(17)13-22(14-26-25)20-11-19-8-9-28-16-24(19)21(12-20)10-18-6-4-3-5-7-18/h3-7,11-15H,8-10,16H2,1-2H3. The van der Waals surface area contributed by atoms with Crippen LogP contribution in [-0.4, -0.2) is 16.2 Å². The van der Waals surface area contributed by atoms with Crippen LogP contribution in [0.25, 0.3) is 22.2 Å². The van der Waals surface area contributed by atoms with Gasteiger partial charge in [0, 0.05) is 30.4 Å². The molecule has 3 heterocycles. The molecule has 2 aromatic heterocycles. The Labute approximate surface area is 165 Å². The first kappa shape index (κ1) is 17.2. The van der Waals surface area contributed by atoms with Crippen LogP contribution in [-0.2, 0) is 31.2 Å². The summed E-state index contributed by atoms with van der Waals surface area (Å²) < 4.78 is 7.88. The maximum atomic E-state index is 5.78. The lowest BCUT2D eigenvalue weighted by atomic mass is 9.89. The van der Waals surface area contributed by atoms with Crippen molar-refractivity contribution in [3.05, 3.63) is 88.7 Å². The number of ether oxygens (including phenoxy) is 1. The van der Waals surface area contributed by atoms with Gasteiger partial charge in [0.25, 0.3) is 0 Å². The topological polar surface area (TPSA) is 27.1 Å². The molecular weight excluding hydrogens is 344 g/mol. The third-order valence-electron chi connectivity index (χ3n) is 5.78. The van der Waals surface area contributed by atoms with Crippen molar-refractivity contribution in [3.63, 3.8) is 0 Å². The number of fused-ring (bicyclic) bond motifs is 2. The zero-order chi connectivity index (χ0) is 19.1. The third kappa shape index (κ3) is 3.02. The summed E-state index contributed by atoms with van der Waals surface area (Å²) in [6, 6.07) is 17.6. The summed E-state index contributed by atoms with van der Waals surface area (Å²) in [5, 5.41) is 1.23. The first-order chi connectivity index (χ1) is 13.7. The predicted molar refractivity (Wildman–Crippen MR) is 113 cm³/mol. The van der Waals surface area contributed by atoms with E-state index in [4.69, 9.17) is 9.72 Å². The number of benzene rings is 2. The average Bonchev–Trinajstić information content (AvgIpc) is 3.02. The lowest BCUT2D eigenvalue weighted by Crippen LogP contribution is -2.13. The van der Waals surface area contributed by atoms with Crippen molar-refractivity contribution in [1.82, 2.24) is 9.55 Å². The minimum absolute atomic E-state index is 0.715. The van der Waals surface area contributed by atoms with Crippen molar-refractivity contribution in [2.24, 2.45) is 7.05 Å². The SMILES string of the molecule is Cc1cn(C)c2ncc(-c3cc4c(c(Cc5ccccc5)c3)COCC4)cc12. The van der Waals surface area contributed by atoms with E-state index in [1.54, 1.807) is 0 Å². The molecule has 3 nitrogen and oxygen atoms in total. The van der Waals surface area contributed by atoms with E-state index in [0.29, 0.717) is 6.61 Å². The van der Waals surface area contributed by atoms with Crippen molar-refractivity contribution >= 4 is 11.0 Å². The van der Waals surface area contributed by atoms with Crippen LogP contribution in [0.15, 0.2) is 60.9 Å². The lowest BCUT2D eigenvalue weighted by Gasteiger charge is -2.22. The summed E-state index contributed by atoms with van der Waals surface area (Å²) in [5.74, 6) is 0. The van der Waals surface area contributed by atoms with Crippen molar-refractivity contribution in [2.45, 2.75) is 26.4 Å². The molecule has 0 radical (unpaired) electrons. The van der Waals surface area contributed by atoms with Gasteiger partial charge < -0.3 is 9.30 Å². The van der Waals surface area contributed by atoms with Gasteiger partial charge in [-0.1, -0.05) is 42.5 Å². The summed E-state index contributed by atoms with van der Waals surface area (Å²) >= 11 is 0. The second-order valence-corrected chi connectivity index (χ2v) is 7.76. The number of pyridine rings is 1. The molecule has 0 unspecified atom stereocenters. The van der Waals surface area contributed by atoms with Crippen LogP contribution in [0.5, 0.6) is 0 Å². The van der Waals surface area contributed by atoms with Crippen molar-refractivity contribution in [1.29, 1.82) is 0 Å². The number of hydrogen-bond donors (Lipinski definition) is 0. The van der Waals surface area contributed by atoms with Crippen molar-refractivity contribution < 1.29 is 4.74 Å². The van der Waals surface area contributed by atoms with Crippen LogP contribution < -0.4 is 0 Å². The highest BCUT2D eigenvalue weighted by Crippen LogP contribution is 2.32. The number of aromatic nitrogens is 2. The fraction of sp³-hybridized carbons (Fsp3) is 0.240. The normalized spacial score (nSPS) is 13.6. The van der Waals surface area contributed by atoms with Gasteiger partial charge in [0.05, 0.1) is 13.2 Å². The molecule has 0 atom stereocenters. The first-order valence-corrected chi connectivity index (χ1v) is 9.87. The Morgan fingerprint density at radius 2 is 1.93 bits per heavy atom. The third-order valence-corrected chi connectivity index (χ3v) is 5.78. The van der Waals surface area contributed by atoms with Gasteiger partial charge in [-0.2, -0.15) is 0 Å². The van der Waals surface area contributed by atoms with Gasteiger partial charge in [0.2, 0.25) is 0 Å². The van der Waals surface area contributed by atoms with Gasteiger partial charge in [-0.3, -0.25) is 0 Å². The molecule has 0 N–H and O–H groups in total. The fourth-order valence-corrected chi connectivity index (χ4v) is 4.31. The Hall–Kier alpha value is -2.91. The minimum Gasteiger partial charge on any atom is -0.376 e. The van der Waals surface area contributed by atoms with Gasteiger partial charge in [0.15, 0.2) is 0 Å². The molecule has 0 fully saturated rings. The van der Waals surface area contributed by atoms with E-state index in [-0.39, 0.29) is 0 Å². The monoisotopic (exact) mass is 368 g/mol. The number of nitrogens with zero attached hydrogens (tertiary/aromatic N) is 2. The molecule has 4 aromatic rings. The van der Waals surface area contributed by atoms with Crippen molar-refractivity contribution in [2.75, 3.05) is 6.61 Å². The molecule has 5 rings (SSSR count). The Kier molecular flexibility index (Phi) is 4.25. The maximum Gasteiger partial charge on any atom is 0.139 e. The summed E-state index contributed by atoms with van der Waals surface area (Å²) in [4.78, 5) is 4.74. The summed E-state index contributed by atoms with van der Waals surface area (Å²) in [6.07, 6.45) is 6.06. The van der Waals surface area contributed by atoms with Crippen LogP contribution in [0, 0.1) is 6.92 Å². The van der Waals surface area contributed by atoms with E-state index in [0.717, 1.165) is 25.1 Å². The molecule has 0 saturated heterocycles. The van der Waals surface area contributed by atoms with E-state index in [9.17, 15) is 0 Å². The molecule has 140 valence electrons. The van der Waals surface area contributed by atoms with Gasteiger partial charge >= 0.3 is 0 Å². The lowest BCUT2D eigenvalue weighted by molar-refractivity contribution is 0.110. The highest BCUT2D eigenvalue weighted by atomic mass is 16.5. The Morgan fingerprint density at radius 1 is 1.07 bits per heavy atom. The Morgan fingerprint density at radius 3 is 2.79 bits per heavy atom. The van der Waals surface area contributed by atoms with Crippen LogP contribution in [0.1, 0.15) is 27.8 Å². The largest absolute Gasteiger partial charge is 0.376 e. The quantitative estimate of drug-likeness (QED) is 0.496. The van der Waals surface area contributed by atoms with Gasteiger partial charge in [-0.25, -0.2) is 4.98 Å². The first-order valence-electron chi connectivity index (χ1n) is 9.87. The molecule has 0 aliphatic carbocycles. The van der Waals surface area contributed by atoms with Crippen LogP contribution in [0.2, 0.25) is 0 Å². The zero-order valence-electron chi connectivity index (χ0n) is 16.4. The van der Waals surface area contributed by atoms with E-state index in [1.807, 2.05) is 6.20 Å². The summed E-state index contributed by atoms with van der Waals surface area (Å²) in [5.41, 5.74) is 10.2. The highest BCUT2D eigenvalue weighted by Gasteiger charge is 2.17. The molecule has 2 aromatic carbocycles. The van der Waals surface area contributed by atoms with Crippen molar-refractivity contribution in [3.8, 4) is 11.1 Å². The summed E-state index contributed by atoms with van der Waals surface area (Å²) in [6.45, 7) is 3.67. The van der Waals surface area contributed by atoms with Gasteiger partial charge in [0.1, 0.15) is 5.65 Å².